The van der Waals surface area contributed by atoms with Gasteiger partial charge in [-0.25, -0.2) is 4.79 Å². The van der Waals surface area contributed by atoms with Crippen LogP contribution >= 0.6 is 0 Å². The van der Waals surface area contributed by atoms with Gasteiger partial charge in [-0.2, -0.15) is 0 Å². The van der Waals surface area contributed by atoms with Gasteiger partial charge in [-0.1, -0.05) is 159 Å². The normalized spacial score (nSPS) is 13.4. The van der Waals surface area contributed by atoms with Crippen molar-refractivity contribution in [3.05, 3.63) is 48.6 Å². The highest BCUT2D eigenvalue weighted by atomic mass is 16.6. The summed E-state index contributed by atoms with van der Waals surface area (Å²) in [7, 11) is 5.51. The largest absolute Gasteiger partial charge is 0.477 e. The highest BCUT2D eigenvalue weighted by Crippen LogP contribution is 2.14. The lowest BCUT2D eigenvalue weighted by molar-refractivity contribution is -0.887. The van der Waals surface area contributed by atoms with Crippen LogP contribution in [0.4, 0.5) is 0 Å². The van der Waals surface area contributed by atoms with E-state index in [1.807, 2.05) is 21.1 Å². The Balaban J connectivity index is 4.44. The van der Waals surface area contributed by atoms with Crippen LogP contribution in [0.15, 0.2) is 48.6 Å². The van der Waals surface area contributed by atoms with Gasteiger partial charge < -0.3 is 23.8 Å². The van der Waals surface area contributed by atoms with Crippen molar-refractivity contribution in [2.45, 2.75) is 193 Å². The molecule has 8 nitrogen and oxygen atoms in total. The fraction of sp³-hybridized carbons (Fsp3) is 0.766. The van der Waals surface area contributed by atoms with Gasteiger partial charge in [-0.3, -0.25) is 9.59 Å². The Morgan fingerprint density at radius 1 is 0.545 bits per heavy atom. The molecule has 0 amide bonds. The second kappa shape index (κ2) is 38.2. The molecular formula is C47H84NO7+. The number of quaternary nitrogens is 1. The number of allylic oxidation sites excluding steroid dienone is 8. The first-order valence-electron chi connectivity index (χ1n) is 22.2. The van der Waals surface area contributed by atoms with Crippen LogP contribution in [0.3, 0.4) is 0 Å². The smallest absolute Gasteiger partial charge is 0.362 e. The lowest BCUT2D eigenvalue weighted by atomic mass is 10.0. The number of unbranched alkanes of at least 4 members (excludes halogenated alkanes) is 17. The van der Waals surface area contributed by atoms with Crippen molar-refractivity contribution >= 4 is 17.9 Å². The van der Waals surface area contributed by atoms with E-state index < -0.39 is 18.1 Å². The fourth-order valence-corrected chi connectivity index (χ4v) is 6.26. The number of hydrogen-bond donors (Lipinski definition) is 1. The number of esters is 2. The van der Waals surface area contributed by atoms with E-state index in [2.05, 4.69) is 62.5 Å². The predicted octanol–water partition coefficient (Wildman–Crippen LogP) is 12.0. The molecule has 318 valence electrons. The van der Waals surface area contributed by atoms with E-state index in [-0.39, 0.29) is 42.7 Å². The Labute approximate surface area is 337 Å². The van der Waals surface area contributed by atoms with Gasteiger partial charge >= 0.3 is 17.9 Å². The zero-order valence-electron chi connectivity index (χ0n) is 36.1. The lowest BCUT2D eigenvalue weighted by Crippen LogP contribution is -2.50. The Bertz CT molecular complexity index is 1040. The minimum Gasteiger partial charge on any atom is -0.477 e. The van der Waals surface area contributed by atoms with Gasteiger partial charge in [-0.15, -0.1) is 0 Å². The number of carboxylic acid groups (broad SMARTS) is 1. The van der Waals surface area contributed by atoms with E-state index in [0.29, 0.717) is 19.3 Å². The van der Waals surface area contributed by atoms with Gasteiger partial charge in [0, 0.05) is 19.3 Å². The van der Waals surface area contributed by atoms with Crippen molar-refractivity contribution in [1.82, 2.24) is 0 Å². The molecule has 0 spiro atoms. The number of carbonyl (C=O) groups excluding carboxylic acids is 2. The number of hydrogen-bond acceptors (Lipinski definition) is 6. The molecular weight excluding hydrogens is 691 g/mol. The summed E-state index contributed by atoms with van der Waals surface area (Å²) in [5.41, 5.74) is 0. The first kappa shape index (κ1) is 52.3. The molecule has 0 aliphatic rings. The summed E-state index contributed by atoms with van der Waals surface area (Å²) >= 11 is 0. The summed E-state index contributed by atoms with van der Waals surface area (Å²) in [5, 5.41) is 9.61. The number of carboxylic acids is 1. The molecule has 0 aromatic carbocycles. The van der Waals surface area contributed by atoms with Gasteiger partial charge in [0.15, 0.2) is 12.1 Å². The maximum absolute atomic E-state index is 12.7. The van der Waals surface area contributed by atoms with Crippen molar-refractivity contribution < 1.29 is 38.2 Å². The van der Waals surface area contributed by atoms with E-state index in [1.165, 1.54) is 96.3 Å². The summed E-state index contributed by atoms with van der Waals surface area (Å²) in [6.45, 7) is 4.65. The Morgan fingerprint density at radius 2 is 0.982 bits per heavy atom. The van der Waals surface area contributed by atoms with Crippen LogP contribution in [0.1, 0.15) is 181 Å². The molecule has 0 aliphatic carbocycles. The van der Waals surface area contributed by atoms with E-state index >= 15 is 0 Å². The van der Waals surface area contributed by atoms with E-state index in [0.717, 1.165) is 44.9 Å². The monoisotopic (exact) mass is 775 g/mol. The highest BCUT2D eigenvalue weighted by Gasteiger charge is 2.31. The maximum Gasteiger partial charge on any atom is 0.362 e. The molecule has 55 heavy (non-hydrogen) atoms. The van der Waals surface area contributed by atoms with Gasteiger partial charge in [-0.05, 0) is 51.4 Å². The van der Waals surface area contributed by atoms with Crippen LogP contribution in [0.25, 0.3) is 0 Å². The van der Waals surface area contributed by atoms with Crippen LogP contribution < -0.4 is 0 Å². The van der Waals surface area contributed by atoms with Crippen molar-refractivity contribution in [3.8, 4) is 0 Å². The minimum absolute atomic E-state index is 0.0402. The molecule has 2 atom stereocenters. The maximum atomic E-state index is 12.7. The average Bonchev–Trinajstić information content (AvgIpc) is 3.14. The second-order valence-electron chi connectivity index (χ2n) is 16.0. The zero-order chi connectivity index (χ0) is 40.7. The Hall–Kier alpha value is -2.71. The number of ether oxygens (including phenoxy) is 3. The van der Waals surface area contributed by atoms with Crippen LogP contribution in [-0.4, -0.2) is 80.6 Å². The molecule has 0 bridgehead atoms. The molecule has 8 heteroatoms. The van der Waals surface area contributed by atoms with Gasteiger partial charge in [0.2, 0.25) is 0 Å². The third kappa shape index (κ3) is 36.7. The number of nitrogens with zero attached hydrogens (tertiary/aromatic N) is 1. The summed E-state index contributed by atoms with van der Waals surface area (Å²) < 4.78 is 17.2. The van der Waals surface area contributed by atoms with Crippen LogP contribution in [-0.2, 0) is 28.6 Å². The topological polar surface area (TPSA) is 99.1 Å². The van der Waals surface area contributed by atoms with E-state index in [4.69, 9.17) is 14.2 Å². The number of aliphatic carboxylic acids is 1. The first-order valence-corrected chi connectivity index (χ1v) is 22.2. The number of likely N-dealkylation sites (N-methyl/N-ethyl adjacent to an activating group) is 1. The quantitative estimate of drug-likeness (QED) is 0.0287. The third-order valence-corrected chi connectivity index (χ3v) is 9.73. The van der Waals surface area contributed by atoms with Crippen molar-refractivity contribution in [3.63, 3.8) is 0 Å². The molecule has 0 aromatic rings. The molecule has 0 saturated heterocycles. The molecule has 0 fully saturated rings. The summed E-state index contributed by atoms with van der Waals surface area (Å²) in [5.74, 6) is -1.54. The SMILES string of the molecule is CCCCC/C=C/C/C=C/C/C=C/C/C=C/CCCC(=O)OC(COCCC(C(=O)O)[N+](C)(C)C)COC(=O)CCCCCCCCCCCCCCCC. The number of carbonyl (C=O) groups is 3. The standard InChI is InChI=1S/C47H83NO7/c1-6-8-10-12-14-16-18-20-22-23-24-26-28-30-32-34-36-38-46(50)55-43(41-53-40-39-44(47(51)52)48(3,4)5)42-54-45(49)37-35-33-31-29-27-25-21-19-17-15-13-11-9-7-2/h14,16,20,22,24,26,30,32,43-44H,6-13,15,17-19,21,23,25,27-29,31,33-42H2,1-5H3/p+1/b16-14+,22-20+,26-24+,32-30+. The molecule has 0 rings (SSSR count). The van der Waals surface area contributed by atoms with Gasteiger partial charge in [0.05, 0.1) is 34.4 Å². The third-order valence-electron chi connectivity index (χ3n) is 9.73. The number of rotatable bonds is 39. The van der Waals surface area contributed by atoms with Crippen LogP contribution in [0.5, 0.6) is 0 Å². The Kier molecular flexibility index (Phi) is 36.3. The zero-order valence-corrected chi connectivity index (χ0v) is 36.1. The molecule has 0 heterocycles. The minimum atomic E-state index is -0.884. The van der Waals surface area contributed by atoms with Crippen molar-refractivity contribution in [2.75, 3.05) is 41.0 Å². The van der Waals surface area contributed by atoms with Gasteiger partial charge in [0.25, 0.3) is 0 Å². The molecule has 1 N–H and O–H groups in total. The molecule has 0 radical (unpaired) electrons. The first-order chi connectivity index (χ1) is 26.6. The molecule has 0 aromatic heterocycles. The fourth-order valence-electron chi connectivity index (χ4n) is 6.26. The summed E-state index contributed by atoms with van der Waals surface area (Å²) in [4.78, 5) is 36.9. The van der Waals surface area contributed by atoms with E-state index in [9.17, 15) is 19.5 Å². The van der Waals surface area contributed by atoms with E-state index in [1.54, 1.807) is 0 Å². The molecule has 0 aliphatic heterocycles. The predicted molar refractivity (Wildman–Crippen MR) is 229 cm³/mol. The lowest BCUT2D eigenvalue weighted by Gasteiger charge is -2.31. The van der Waals surface area contributed by atoms with Crippen molar-refractivity contribution in [2.24, 2.45) is 0 Å². The Morgan fingerprint density at radius 3 is 1.47 bits per heavy atom. The van der Waals surface area contributed by atoms with Crippen molar-refractivity contribution in [1.29, 1.82) is 0 Å². The summed E-state index contributed by atoms with van der Waals surface area (Å²) in [6, 6.07) is -0.623. The second-order valence-corrected chi connectivity index (χ2v) is 16.0. The van der Waals surface area contributed by atoms with Crippen LogP contribution in [0.2, 0.25) is 0 Å². The van der Waals surface area contributed by atoms with Gasteiger partial charge in [0.1, 0.15) is 6.61 Å². The molecule has 2 unspecified atom stereocenters. The molecule has 0 saturated carbocycles. The summed E-state index contributed by atoms with van der Waals surface area (Å²) in [6.07, 6.45) is 44.4. The highest BCUT2D eigenvalue weighted by molar-refractivity contribution is 5.72. The average molecular weight is 775 g/mol. The van der Waals surface area contributed by atoms with Crippen LogP contribution in [0, 0.1) is 0 Å².